The summed E-state index contributed by atoms with van der Waals surface area (Å²) in [6.45, 7) is 2.50. The van der Waals surface area contributed by atoms with E-state index in [1.54, 1.807) is 24.3 Å². The van der Waals surface area contributed by atoms with Crippen LogP contribution in [0.5, 0.6) is 11.5 Å². The first-order valence-corrected chi connectivity index (χ1v) is 8.32. The quantitative estimate of drug-likeness (QED) is 0.507. The molecule has 0 spiro atoms. The van der Waals surface area contributed by atoms with Crippen LogP contribution in [0.4, 0.5) is 4.39 Å². The molecule has 0 atom stereocenters. The molecule has 6 heteroatoms. The molecule has 126 valence electrons. The molecule has 0 aliphatic carbocycles. The molecular formula is C18H16FIO4. The average Bonchev–Trinajstić information content (AvgIpc) is 2.52. The molecule has 0 aliphatic rings. The zero-order valence-electron chi connectivity index (χ0n) is 13.0. The molecule has 0 aromatic heterocycles. The van der Waals surface area contributed by atoms with Crippen molar-refractivity contribution in [3.63, 3.8) is 0 Å². The number of aliphatic carboxylic acids is 1. The molecule has 2 rings (SSSR count). The lowest BCUT2D eigenvalue weighted by Crippen LogP contribution is -2.02. The van der Waals surface area contributed by atoms with E-state index in [0.29, 0.717) is 29.2 Å². The van der Waals surface area contributed by atoms with Gasteiger partial charge in [-0.05, 0) is 71.0 Å². The van der Waals surface area contributed by atoms with Crippen LogP contribution in [-0.2, 0) is 11.4 Å². The summed E-state index contributed by atoms with van der Waals surface area (Å²) >= 11 is 2.10. The van der Waals surface area contributed by atoms with Crippen molar-refractivity contribution in [2.24, 2.45) is 0 Å². The Morgan fingerprint density at radius 2 is 2.08 bits per heavy atom. The lowest BCUT2D eigenvalue weighted by molar-refractivity contribution is -0.131. The molecule has 0 heterocycles. The van der Waals surface area contributed by atoms with Crippen molar-refractivity contribution in [1.82, 2.24) is 0 Å². The number of hydrogen-bond acceptors (Lipinski definition) is 3. The second-order valence-electron chi connectivity index (χ2n) is 4.85. The Hall–Kier alpha value is -2.09. The fourth-order valence-corrected chi connectivity index (χ4v) is 2.82. The predicted molar refractivity (Wildman–Crippen MR) is 97.7 cm³/mol. The van der Waals surface area contributed by atoms with Gasteiger partial charge in [-0.1, -0.05) is 12.1 Å². The van der Waals surface area contributed by atoms with E-state index >= 15 is 0 Å². The first-order chi connectivity index (χ1) is 11.5. The van der Waals surface area contributed by atoms with Crippen molar-refractivity contribution in [2.45, 2.75) is 13.5 Å². The van der Waals surface area contributed by atoms with Crippen molar-refractivity contribution in [3.8, 4) is 11.5 Å². The maximum atomic E-state index is 13.2. The van der Waals surface area contributed by atoms with E-state index in [2.05, 4.69) is 22.6 Å². The van der Waals surface area contributed by atoms with Gasteiger partial charge in [-0.25, -0.2) is 9.18 Å². The maximum Gasteiger partial charge on any atom is 0.328 e. The number of carboxylic acids is 1. The molecule has 0 amide bonds. The van der Waals surface area contributed by atoms with E-state index in [9.17, 15) is 9.18 Å². The second kappa shape index (κ2) is 8.68. The summed E-state index contributed by atoms with van der Waals surface area (Å²) in [4.78, 5) is 10.6. The fraction of sp³-hybridized carbons (Fsp3) is 0.167. The van der Waals surface area contributed by atoms with Gasteiger partial charge >= 0.3 is 5.97 Å². The normalized spacial score (nSPS) is 10.8. The summed E-state index contributed by atoms with van der Waals surface area (Å²) in [6.07, 6.45) is 2.55. The number of hydrogen-bond donors (Lipinski definition) is 1. The number of ether oxygens (including phenoxy) is 2. The third-order valence-corrected chi connectivity index (χ3v) is 3.82. The number of carboxylic acid groups (broad SMARTS) is 1. The molecule has 0 radical (unpaired) electrons. The SMILES string of the molecule is CCOc1cc(/C=C/C(=O)O)cc(I)c1OCc1cccc(F)c1. The molecule has 2 aromatic carbocycles. The summed E-state index contributed by atoms with van der Waals surface area (Å²) in [7, 11) is 0. The van der Waals surface area contributed by atoms with Gasteiger partial charge in [0.15, 0.2) is 11.5 Å². The van der Waals surface area contributed by atoms with Gasteiger partial charge in [-0.15, -0.1) is 0 Å². The van der Waals surface area contributed by atoms with Crippen LogP contribution in [0.25, 0.3) is 6.08 Å². The molecule has 0 unspecified atom stereocenters. The first kappa shape index (κ1) is 18.3. The largest absolute Gasteiger partial charge is 0.490 e. The lowest BCUT2D eigenvalue weighted by atomic mass is 10.2. The minimum Gasteiger partial charge on any atom is -0.490 e. The van der Waals surface area contributed by atoms with E-state index in [1.807, 2.05) is 6.92 Å². The van der Waals surface area contributed by atoms with E-state index in [-0.39, 0.29) is 12.4 Å². The van der Waals surface area contributed by atoms with E-state index in [1.165, 1.54) is 18.2 Å². The number of carbonyl (C=O) groups is 1. The van der Waals surface area contributed by atoms with Crippen molar-refractivity contribution in [2.75, 3.05) is 6.61 Å². The maximum absolute atomic E-state index is 13.2. The van der Waals surface area contributed by atoms with Gasteiger partial charge in [-0.3, -0.25) is 0 Å². The fourth-order valence-electron chi connectivity index (χ4n) is 2.04. The third kappa shape index (κ3) is 5.23. The van der Waals surface area contributed by atoms with Crippen molar-refractivity contribution in [1.29, 1.82) is 0 Å². The smallest absolute Gasteiger partial charge is 0.328 e. The highest BCUT2D eigenvalue weighted by Crippen LogP contribution is 2.35. The van der Waals surface area contributed by atoms with Crippen LogP contribution in [0.3, 0.4) is 0 Å². The van der Waals surface area contributed by atoms with Crippen LogP contribution in [0.1, 0.15) is 18.1 Å². The van der Waals surface area contributed by atoms with Crippen LogP contribution < -0.4 is 9.47 Å². The van der Waals surface area contributed by atoms with Gasteiger partial charge in [0.05, 0.1) is 10.2 Å². The van der Waals surface area contributed by atoms with Gasteiger partial charge in [-0.2, -0.15) is 0 Å². The number of rotatable bonds is 7. The van der Waals surface area contributed by atoms with Crippen LogP contribution in [0.15, 0.2) is 42.5 Å². The number of benzene rings is 2. The van der Waals surface area contributed by atoms with Crippen LogP contribution in [-0.4, -0.2) is 17.7 Å². The number of halogens is 2. The summed E-state index contributed by atoms with van der Waals surface area (Å²) in [5.41, 5.74) is 1.41. The lowest BCUT2D eigenvalue weighted by Gasteiger charge is -2.15. The monoisotopic (exact) mass is 442 g/mol. The molecule has 0 saturated carbocycles. The van der Waals surface area contributed by atoms with Crippen molar-refractivity contribution >= 4 is 34.6 Å². The zero-order chi connectivity index (χ0) is 17.5. The zero-order valence-corrected chi connectivity index (χ0v) is 15.1. The standard InChI is InChI=1S/C18H16FIO4/c1-2-23-16-10-12(6-7-17(21)22)9-15(20)18(16)24-11-13-4-3-5-14(19)8-13/h3-10H,2,11H2,1H3,(H,21,22)/b7-6+. The Morgan fingerprint density at radius 3 is 2.75 bits per heavy atom. The Labute approximate surface area is 153 Å². The van der Waals surface area contributed by atoms with Crippen LogP contribution >= 0.6 is 22.6 Å². The van der Waals surface area contributed by atoms with Gasteiger partial charge in [0.2, 0.25) is 0 Å². The topological polar surface area (TPSA) is 55.8 Å². The molecule has 4 nitrogen and oxygen atoms in total. The molecule has 0 aliphatic heterocycles. The van der Waals surface area contributed by atoms with E-state index < -0.39 is 5.97 Å². The molecule has 2 aromatic rings. The summed E-state index contributed by atoms with van der Waals surface area (Å²) in [5, 5.41) is 8.73. The second-order valence-corrected chi connectivity index (χ2v) is 6.02. The van der Waals surface area contributed by atoms with Crippen molar-refractivity contribution in [3.05, 3.63) is 63.0 Å². The van der Waals surface area contributed by atoms with E-state index in [4.69, 9.17) is 14.6 Å². The van der Waals surface area contributed by atoms with Crippen molar-refractivity contribution < 1.29 is 23.8 Å². The Morgan fingerprint density at radius 1 is 1.29 bits per heavy atom. The summed E-state index contributed by atoms with van der Waals surface area (Å²) in [5.74, 6) is -0.264. The Kier molecular flexibility index (Phi) is 6.60. The molecule has 1 N–H and O–H groups in total. The van der Waals surface area contributed by atoms with Gasteiger partial charge in [0, 0.05) is 6.08 Å². The molecule has 24 heavy (non-hydrogen) atoms. The minimum absolute atomic E-state index is 0.206. The highest BCUT2D eigenvalue weighted by atomic mass is 127. The van der Waals surface area contributed by atoms with Gasteiger partial charge in [0.1, 0.15) is 12.4 Å². The molecular weight excluding hydrogens is 426 g/mol. The van der Waals surface area contributed by atoms with Gasteiger partial charge in [0.25, 0.3) is 0 Å². The van der Waals surface area contributed by atoms with Gasteiger partial charge < -0.3 is 14.6 Å². The molecule has 0 bridgehead atoms. The Balaban J connectivity index is 2.25. The average molecular weight is 442 g/mol. The highest BCUT2D eigenvalue weighted by molar-refractivity contribution is 14.1. The summed E-state index contributed by atoms with van der Waals surface area (Å²) in [6, 6.07) is 9.71. The predicted octanol–water partition coefficient (Wildman–Crippen LogP) is 4.51. The van der Waals surface area contributed by atoms with Crippen LogP contribution in [0.2, 0.25) is 0 Å². The highest BCUT2D eigenvalue weighted by Gasteiger charge is 2.12. The van der Waals surface area contributed by atoms with Crippen LogP contribution in [0, 0.1) is 9.39 Å². The Bertz CT molecular complexity index is 759. The minimum atomic E-state index is -1.02. The molecule has 0 fully saturated rings. The first-order valence-electron chi connectivity index (χ1n) is 7.24. The van der Waals surface area contributed by atoms with E-state index in [0.717, 1.165) is 9.65 Å². The molecule has 0 saturated heterocycles. The third-order valence-electron chi connectivity index (χ3n) is 3.02. The summed E-state index contributed by atoms with van der Waals surface area (Å²) < 4.78 is 25.4.